The van der Waals surface area contributed by atoms with Gasteiger partial charge in [0.05, 0.1) is 12.5 Å². The van der Waals surface area contributed by atoms with E-state index in [4.69, 9.17) is 4.74 Å². The summed E-state index contributed by atoms with van der Waals surface area (Å²) in [5.41, 5.74) is 2.04. The molecule has 0 aromatic heterocycles. The molecule has 90 valence electrons. The lowest BCUT2D eigenvalue weighted by Crippen LogP contribution is -2.39. The fourth-order valence-electron chi connectivity index (χ4n) is 3.11. The molecular weight excluding hydrogens is 214 g/mol. The molecule has 1 amide bonds. The molecule has 1 spiro atoms. The van der Waals surface area contributed by atoms with Gasteiger partial charge in [0, 0.05) is 11.8 Å². The first kappa shape index (κ1) is 10.6. The normalized spacial score (nSPS) is 21.1. The number of nitrogens with one attached hydrogen (secondary N) is 1. The van der Waals surface area contributed by atoms with Gasteiger partial charge < -0.3 is 10.1 Å². The minimum Gasteiger partial charge on any atom is -0.497 e. The summed E-state index contributed by atoms with van der Waals surface area (Å²) in [6, 6.07) is 5.96. The van der Waals surface area contributed by atoms with E-state index < -0.39 is 0 Å². The van der Waals surface area contributed by atoms with Crippen LogP contribution >= 0.6 is 0 Å². The molecule has 17 heavy (non-hydrogen) atoms. The molecule has 3 rings (SSSR count). The van der Waals surface area contributed by atoms with E-state index in [-0.39, 0.29) is 11.3 Å². The molecule has 1 aliphatic carbocycles. The summed E-state index contributed by atoms with van der Waals surface area (Å²) < 4.78 is 5.18. The van der Waals surface area contributed by atoms with Gasteiger partial charge in [-0.05, 0) is 30.9 Å². The Labute approximate surface area is 101 Å². The van der Waals surface area contributed by atoms with E-state index in [0.717, 1.165) is 30.7 Å². The monoisotopic (exact) mass is 231 g/mol. The van der Waals surface area contributed by atoms with Crippen LogP contribution in [0.3, 0.4) is 0 Å². The van der Waals surface area contributed by atoms with Gasteiger partial charge in [-0.25, -0.2) is 0 Å². The van der Waals surface area contributed by atoms with E-state index in [9.17, 15) is 4.79 Å². The van der Waals surface area contributed by atoms with Crippen LogP contribution in [0.5, 0.6) is 5.75 Å². The molecule has 0 radical (unpaired) electrons. The SMILES string of the molecule is COc1ccc2c(c1)NC(=O)C1(CCCC1)C2. The van der Waals surface area contributed by atoms with Crippen molar-refractivity contribution in [1.82, 2.24) is 0 Å². The van der Waals surface area contributed by atoms with Gasteiger partial charge in [-0.3, -0.25) is 4.79 Å². The standard InChI is InChI=1S/C14H17NO2/c1-17-11-5-4-10-9-14(6-2-3-7-14)13(16)15-12(10)8-11/h4-5,8H,2-3,6-7,9H2,1H3,(H,15,16). The number of methoxy groups -OCH3 is 1. The van der Waals surface area contributed by atoms with Crippen molar-refractivity contribution in [2.24, 2.45) is 5.41 Å². The van der Waals surface area contributed by atoms with E-state index in [2.05, 4.69) is 11.4 Å². The Hall–Kier alpha value is -1.51. The van der Waals surface area contributed by atoms with Gasteiger partial charge in [-0.2, -0.15) is 0 Å². The number of ether oxygens (including phenoxy) is 1. The Morgan fingerprint density at radius 1 is 1.29 bits per heavy atom. The molecule has 3 heteroatoms. The van der Waals surface area contributed by atoms with Crippen molar-refractivity contribution in [2.75, 3.05) is 12.4 Å². The van der Waals surface area contributed by atoms with E-state index in [1.165, 1.54) is 18.4 Å². The van der Waals surface area contributed by atoms with Gasteiger partial charge in [0.25, 0.3) is 0 Å². The van der Waals surface area contributed by atoms with Crippen molar-refractivity contribution in [3.05, 3.63) is 23.8 Å². The molecule has 1 aromatic rings. The lowest BCUT2D eigenvalue weighted by Gasteiger charge is -2.33. The third-order valence-electron chi connectivity index (χ3n) is 4.14. The van der Waals surface area contributed by atoms with Gasteiger partial charge >= 0.3 is 0 Å². The van der Waals surface area contributed by atoms with Crippen LogP contribution in [0, 0.1) is 5.41 Å². The summed E-state index contributed by atoms with van der Waals surface area (Å²) in [5.74, 6) is 1.00. The third-order valence-corrected chi connectivity index (χ3v) is 4.14. The molecule has 1 saturated carbocycles. The summed E-state index contributed by atoms with van der Waals surface area (Å²) in [6.45, 7) is 0. The van der Waals surface area contributed by atoms with E-state index in [1.807, 2.05) is 12.1 Å². The fraction of sp³-hybridized carbons (Fsp3) is 0.500. The van der Waals surface area contributed by atoms with Crippen molar-refractivity contribution in [3.63, 3.8) is 0 Å². The zero-order valence-electron chi connectivity index (χ0n) is 10.1. The zero-order valence-corrected chi connectivity index (χ0v) is 10.1. The maximum atomic E-state index is 12.2. The minimum absolute atomic E-state index is 0.123. The van der Waals surface area contributed by atoms with E-state index in [0.29, 0.717) is 0 Å². The van der Waals surface area contributed by atoms with Crippen LogP contribution in [-0.4, -0.2) is 13.0 Å². The highest BCUT2D eigenvalue weighted by Crippen LogP contribution is 2.46. The van der Waals surface area contributed by atoms with Crippen molar-refractivity contribution < 1.29 is 9.53 Å². The number of amides is 1. The van der Waals surface area contributed by atoms with Crippen LogP contribution in [0.15, 0.2) is 18.2 Å². The highest BCUT2D eigenvalue weighted by atomic mass is 16.5. The molecule has 1 aliphatic heterocycles. The van der Waals surface area contributed by atoms with Crippen LogP contribution in [-0.2, 0) is 11.2 Å². The summed E-state index contributed by atoms with van der Waals surface area (Å²) in [4.78, 5) is 12.2. The van der Waals surface area contributed by atoms with Crippen LogP contribution in [0.25, 0.3) is 0 Å². The molecule has 2 aliphatic rings. The van der Waals surface area contributed by atoms with Gasteiger partial charge in [-0.15, -0.1) is 0 Å². The highest BCUT2D eigenvalue weighted by Gasteiger charge is 2.44. The Bertz CT molecular complexity index is 461. The van der Waals surface area contributed by atoms with Crippen molar-refractivity contribution >= 4 is 11.6 Å². The molecule has 0 bridgehead atoms. The Morgan fingerprint density at radius 2 is 2.06 bits per heavy atom. The average Bonchev–Trinajstić information content (AvgIpc) is 2.80. The minimum atomic E-state index is -0.123. The largest absolute Gasteiger partial charge is 0.497 e. The van der Waals surface area contributed by atoms with Gasteiger partial charge in [-0.1, -0.05) is 18.9 Å². The molecule has 0 atom stereocenters. The van der Waals surface area contributed by atoms with Crippen LogP contribution < -0.4 is 10.1 Å². The molecule has 3 nitrogen and oxygen atoms in total. The summed E-state index contributed by atoms with van der Waals surface area (Å²) in [5, 5.41) is 3.05. The molecule has 0 saturated heterocycles. The Balaban J connectivity index is 1.97. The number of carbonyl (C=O) groups is 1. The predicted molar refractivity (Wildman–Crippen MR) is 66.2 cm³/mol. The van der Waals surface area contributed by atoms with Gasteiger partial charge in [0.1, 0.15) is 5.75 Å². The first-order valence-corrected chi connectivity index (χ1v) is 6.22. The summed E-state index contributed by atoms with van der Waals surface area (Å²) >= 11 is 0. The van der Waals surface area contributed by atoms with Crippen LogP contribution in [0.2, 0.25) is 0 Å². The number of anilines is 1. The maximum absolute atomic E-state index is 12.2. The van der Waals surface area contributed by atoms with Crippen molar-refractivity contribution in [2.45, 2.75) is 32.1 Å². The van der Waals surface area contributed by atoms with Crippen LogP contribution in [0.1, 0.15) is 31.2 Å². The number of carbonyl (C=O) groups excluding carboxylic acids is 1. The van der Waals surface area contributed by atoms with Gasteiger partial charge in [0.15, 0.2) is 0 Å². The van der Waals surface area contributed by atoms with Crippen molar-refractivity contribution in [3.8, 4) is 5.75 Å². The summed E-state index contributed by atoms with van der Waals surface area (Å²) in [6.07, 6.45) is 5.31. The van der Waals surface area contributed by atoms with E-state index >= 15 is 0 Å². The molecule has 1 heterocycles. The second-order valence-corrected chi connectivity index (χ2v) is 5.14. The second kappa shape index (κ2) is 3.76. The number of fused-ring (bicyclic) bond motifs is 1. The quantitative estimate of drug-likeness (QED) is 0.807. The Morgan fingerprint density at radius 3 is 2.76 bits per heavy atom. The lowest BCUT2D eigenvalue weighted by atomic mass is 9.76. The molecule has 1 fully saturated rings. The smallest absolute Gasteiger partial charge is 0.230 e. The van der Waals surface area contributed by atoms with Crippen LogP contribution in [0.4, 0.5) is 5.69 Å². The number of hydrogen-bond donors (Lipinski definition) is 1. The molecule has 1 N–H and O–H groups in total. The number of hydrogen-bond acceptors (Lipinski definition) is 2. The number of rotatable bonds is 1. The topological polar surface area (TPSA) is 38.3 Å². The molecule has 0 unspecified atom stereocenters. The first-order chi connectivity index (χ1) is 8.23. The second-order valence-electron chi connectivity index (χ2n) is 5.14. The third kappa shape index (κ3) is 1.61. The Kier molecular flexibility index (Phi) is 2.35. The predicted octanol–water partition coefficient (Wildman–Crippen LogP) is 2.75. The highest BCUT2D eigenvalue weighted by molar-refractivity contribution is 5.98. The van der Waals surface area contributed by atoms with Gasteiger partial charge in [0.2, 0.25) is 5.91 Å². The maximum Gasteiger partial charge on any atom is 0.230 e. The average molecular weight is 231 g/mol. The lowest BCUT2D eigenvalue weighted by molar-refractivity contribution is -0.125. The van der Waals surface area contributed by atoms with E-state index in [1.54, 1.807) is 7.11 Å². The fourth-order valence-corrected chi connectivity index (χ4v) is 3.11. The van der Waals surface area contributed by atoms with Crippen molar-refractivity contribution in [1.29, 1.82) is 0 Å². The number of benzene rings is 1. The summed E-state index contributed by atoms with van der Waals surface area (Å²) in [7, 11) is 1.64. The molecular formula is C14H17NO2. The zero-order chi connectivity index (χ0) is 11.9. The first-order valence-electron chi connectivity index (χ1n) is 6.22. The molecule has 1 aromatic carbocycles.